The van der Waals surface area contributed by atoms with Crippen LogP contribution >= 0.6 is 0 Å². The zero-order chi connectivity index (χ0) is 24.5. The van der Waals surface area contributed by atoms with Crippen LogP contribution in [0.15, 0.2) is 117 Å². The molecule has 8 rings (SSSR count). The van der Waals surface area contributed by atoms with E-state index in [0.29, 0.717) is 11.5 Å². The van der Waals surface area contributed by atoms with Gasteiger partial charge in [-0.05, 0) is 59.7 Å². The van der Waals surface area contributed by atoms with Crippen molar-refractivity contribution in [3.8, 4) is 22.5 Å². The molecular weight excluding hydrogens is 462 g/mol. The second-order valence-electron chi connectivity index (χ2n) is 9.09. The van der Waals surface area contributed by atoms with Gasteiger partial charge in [-0.2, -0.15) is 4.98 Å². The highest BCUT2D eigenvalue weighted by Gasteiger charge is 2.13. The predicted molar refractivity (Wildman–Crippen MR) is 145 cm³/mol. The van der Waals surface area contributed by atoms with E-state index in [-0.39, 0.29) is 0 Å². The molecule has 6 heteroatoms. The second-order valence-corrected chi connectivity index (χ2v) is 9.09. The van der Waals surface area contributed by atoms with Crippen LogP contribution in [0.2, 0.25) is 0 Å². The molecule has 0 N–H and O–H groups in total. The molecular formula is C31H17N3O3. The fourth-order valence-corrected chi connectivity index (χ4v) is 5.09. The smallest absolute Gasteiger partial charge is 0.355 e. The first-order valence-electron chi connectivity index (χ1n) is 12.0. The summed E-state index contributed by atoms with van der Waals surface area (Å²) in [5.41, 5.74) is 5.89. The Morgan fingerprint density at radius 2 is 1.11 bits per heavy atom. The van der Waals surface area contributed by atoms with Crippen molar-refractivity contribution >= 4 is 49.5 Å². The molecule has 0 aliphatic rings. The molecule has 4 heterocycles. The minimum absolute atomic E-state index is 0.365. The van der Waals surface area contributed by atoms with Gasteiger partial charge in [-0.15, -0.1) is 0 Å². The van der Waals surface area contributed by atoms with Gasteiger partial charge >= 0.3 is 5.69 Å². The van der Waals surface area contributed by atoms with Crippen molar-refractivity contribution in [1.29, 1.82) is 0 Å². The summed E-state index contributed by atoms with van der Waals surface area (Å²) in [5.74, 6) is 0.365. The maximum atomic E-state index is 13.1. The minimum atomic E-state index is -0.392. The topological polar surface area (TPSA) is 73.5 Å². The van der Waals surface area contributed by atoms with E-state index in [2.05, 4.69) is 22.1 Å². The Hall–Kier alpha value is -5.23. The van der Waals surface area contributed by atoms with E-state index < -0.39 is 5.69 Å². The molecule has 0 spiro atoms. The third-order valence-electron chi connectivity index (χ3n) is 6.90. The number of benzene rings is 4. The van der Waals surface area contributed by atoms with Gasteiger partial charge in [0.2, 0.25) is 0 Å². The number of aromatic nitrogens is 3. The molecule has 0 amide bonds. The number of nitrogens with zero attached hydrogens (tertiary/aromatic N) is 3. The first kappa shape index (κ1) is 20.0. The number of pyridine rings is 1. The zero-order valence-electron chi connectivity index (χ0n) is 19.4. The summed E-state index contributed by atoms with van der Waals surface area (Å²) in [5, 5.41) is 4.21. The number of fused-ring (bicyclic) bond motifs is 7. The number of hydrogen-bond donors (Lipinski definition) is 0. The molecule has 0 aliphatic carbocycles. The third kappa shape index (κ3) is 3.02. The Morgan fingerprint density at radius 3 is 1.81 bits per heavy atom. The molecule has 0 saturated carbocycles. The summed E-state index contributed by atoms with van der Waals surface area (Å²) in [6, 6.07) is 31.6. The maximum Gasteiger partial charge on any atom is 0.355 e. The first-order chi connectivity index (χ1) is 18.2. The van der Waals surface area contributed by atoms with Crippen molar-refractivity contribution in [3.63, 3.8) is 0 Å². The van der Waals surface area contributed by atoms with Gasteiger partial charge in [-0.3, -0.25) is 4.40 Å². The van der Waals surface area contributed by atoms with Crippen LogP contribution in [0.4, 0.5) is 0 Å². The summed E-state index contributed by atoms with van der Waals surface area (Å²) in [6.07, 6.45) is 1.77. The summed E-state index contributed by atoms with van der Waals surface area (Å²) < 4.78 is 13.5. The van der Waals surface area contributed by atoms with Crippen molar-refractivity contribution in [3.05, 3.63) is 114 Å². The van der Waals surface area contributed by atoms with E-state index in [1.807, 2.05) is 84.9 Å². The standard InChI is InChI=1S/C31H17N3O3/c35-31-33-30(19-10-13-24-22-6-2-4-8-26(22)37-28(24)16-19)32-29-14-11-20(17-34(29)31)18-9-12-23-21-5-1-3-7-25(21)36-27(23)15-18/h1-17H. The number of para-hydroxylation sites is 2. The van der Waals surface area contributed by atoms with Gasteiger partial charge in [-0.1, -0.05) is 48.5 Å². The van der Waals surface area contributed by atoms with E-state index in [1.54, 1.807) is 6.20 Å². The first-order valence-corrected chi connectivity index (χ1v) is 12.0. The molecule has 174 valence electrons. The Morgan fingerprint density at radius 1 is 0.541 bits per heavy atom. The molecule has 37 heavy (non-hydrogen) atoms. The summed E-state index contributed by atoms with van der Waals surface area (Å²) >= 11 is 0. The minimum Gasteiger partial charge on any atom is -0.456 e. The normalized spacial score (nSPS) is 11.9. The summed E-state index contributed by atoms with van der Waals surface area (Å²) in [7, 11) is 0. The Labute approximate surface area is 209 Å². The number of hydrogen-bond acceptors (Lipinski definition) is 5. The number of furan rings is 2. The van der Waals surface area contributed by atoms with Crippen LogP contribution in [-0.2, 0) is 0 Å². The van der Waals surface area contributed by atoms with Crippen molar-refractivity contribution in [2.75, 3.05) is 0 Å². The van der Waals surface area contributed by atoms with E-state index in [9.17, 15) is 4.79 Å². The third-order valence-corrected chi connectivity index (χ3v) is 6.90. The molecule has 0 fully saturated rings. The van der Waals surface area contributed by atoms with Crippen LogP contribution in [0.1, 0.15) is 0 Å². The van der Waals surface area contributed by atoms with Crippen LogP contribution in [0.5, 0.6) is 0 Å². The van der Waals surface area contributed by atoms with Gasteiger partial charge in [0, 0.05) is 33.3 Å². The van der Waals surface area contributed by atoms with E-state index >= 15 is 0 Å². The van der Waals surface area contributed by atoms with Gasteiger partial charge in [0.25, 0.3) is 0 Å². The fraction of sp³-hybridized carbons (Fsp3) is 0. The maximum absolute atomic E-state index is 13.1. The van der Waals surface area contributed by atoms with Crippen molar-refractivity contribution in [1.82, 2.24) is 14.4 Å². The van der Waals surface area contributed by atoms with Gasteiger partial charge in [0.05, 0.1) is 0 Å². The monoisotopic (exact) mass is 479 g/mol. The molecule has 4 aromatic carbocycles. The second kappa shape index (κ2) is 7.38. The van der Waals surface area contributed by atoms with Crippen molar-refractivity contribution in [2.45, 2.75) is 0 Å². The highest BCUT2D eigenvalue weighted by molar-refractivity contribution is 6.06. The Balaban J connectivity index is 1.22. The van der Waals surface area contributed by atoms with Crippen LogP contribution in [0.25, 0.3) is 72.0 Å². The fourth-order valence-electron chi connectivity index (χ4n) is 5.09. The lowest BCUT2D eigenvalue weighted by Gasteiger charge is -2.07. The molecule has 0 saturated heterocycles. The van der Waals surface area contributed by atoms with Gasteiger partial charge in [-0.25, -0.2) is 9.78 Å². The molecule has 4 aromatic heterocycles. The quantitative estimate of drug-likeness (QED) is 0.262. The molecule has 0 radical (unpaired) electrons. The van der Waals surface area contributed by atoms with Gasteiger partial charge < -0.3 is 8.83 Å². The predicted octanol–water partition coefficient (Wildman–Crippen LogP) is 7.22. The lowest BCUT2D eigenvalue weighted by Crippen LogP contribution is -2.19. The lowest BCUT2D eigenvalue weighted by atomic mass is 10.1. The molecule has 6 nitrogen and oxygen atoms in total. The average Bonchev–Trinajstić information content (AvgIpc) is 3.50. The lowest BCUT2D eigenvalue weighted by molar-refractivity contribution is 0.668. The van der Waals surface area contributed by atoms with Crippen LogP contribution < -0.4 is 5.69 Å². The molecule has 8 aromatic rings. The molecule has 0 atom stereocenters. The summed E-state index contributed by atoms with van der Waals surface area (Å²) in [6.45, 7) is 0. The number of rotatable bonds is 2. The highest BCUT2D eigenvalue weighted by Crippen LogP contribution is 2.33. The van der Waals surface area contributed by atoms with E-state index in [4.69, 9.17) is 8.83 Å². The van der Waals surface area contributed by atoms with Crippen LogP contribution in [0, 0.1) is 0 Å². The Kier molecular flexibility index (Phi) is 3.99. The largest absolute Gasteiger partial charge is 0.456 e. The molecule has 0 aliphatic heterocycles. The highest BCUT2D eigenvalue weighted by atomic mass is 16.3. The van der Waals surface area contributed by atoms with Crippen molar-refractivity contribution in [2.24, 2.45) is 0 Å². The SMILES string of the molecule is O=c1nc(-c2ccc3c(c2)oc2ccccc23)nc2ccc(-c3ccc4c(c3)oc3ccccc34)cn12. The van der Waals surface area contributed by atoms with Gasteiger partial charge in [0.1, 0.15) is 28.0 Å². The molecule has 0 unspecified atom stereocenters. The van der Waals surface area contributed by atoms with Gasteiger partial charge in [0.15, 0.2) is 5.82 Å². The molecule has 0 bridgehead atoms. The Bertz CT molecular complexity index is 2240. The van der Waals surface area contributed by atoms with Crippen molar-refractivity contribution < 1.29 is 8.83 Å². The van der Waals surface area contributed by atoms with Crippen LogP contribution in [0.3, 0.4) is 0 Å². The van der Waals surface area contributed by atoms with Crippen LogP contribution in [-0.4, -0.2) is 14.4 Å². The summed E-state index contributed by atoms with van der Waals surface area (Å²) in [4.78, 5) is 22.0. The average molecular weight is 479 g/mol. The zero-order valence-corrected chi connectivity index (χ0v) is 19.4. The van der Waals surface area contributed by atoms with E-state index in [1.165, 1.54) is 4.40 Å². The van der Waals surface area contributed by atoms with E-state index in [0.717, 1.165) is 60.6 Å².